The molecule has 0 spiro atoms. The minimum Gasteiger partial charge on any atom is -0.724 e. The molecule has 0 bridgehead atoms. The molecule has 4 heteroatoms. The minimum absolute atomic E-state index is 0.500. The third-order valence-electron chi connectivity index (χ3n) is 0. The van der Waals surface area contributed by atoms with Crippen molar-refractivity contribution in [3.8, 4) is 0 Å². The monoisotopic (exact) mass is 114 g/mol. The molecule has 0 aliphatic heterocycles. The lowest BCUT2D eigenvalue weighted by molar-refractivity contribution is 0.568. The lowest BCUT2D eigenvalue weighted by atomic mass is 11.0. The molecule has 8 heavy (non-hydrogen) atoms. The molecule has 0 aromatic carbocycles. The molecule has 0 amide bonds. The molecule has 0 aromatic heterocycles. The number of carbonyl (C=O) groups excluding carboxylic acids is 2. The summed E-state index contributed by atoms with van der Waals surface area (Å²) in [6.45, 7) is 4.00. The quantitative estimate of drug-likeness (QED) is 0.345. The summed E-state index contributed by atoms with van der Waals surface area (Å²) in [6, 6.07) is 0. The van der Waals surface area contributed by atoms with Crippen molar-refractivity contribution in [2.45, 2.75) is 13.8 Å². The van der Waals surface area contributed by atoms with Crippen molar-refractivity contribution in [3.63, 3.8) is 0 Å². The van der Waals surface area contributed by atoms with Gasteiger partial charge < -0.3 is 10.8 Å². The number of rotatable bonds is 0. The van der Waals surface area contributed by atoms with E-state index < -0.39 is 0 Å². The van der Waals surface area contributed by atoms with Gasteiger partial charge in [0, 0.05) is 0 Å². The van der Waals surface area contributed by atoms with Crippen LogP contribution in [-0.4, -0.2) is 12.2 Å². The fourth-order valence-electron chi connectivity index (χ4n) is 0. The average Bonchev–Trinajstić information content (AvgIpc) is 1.75. The van der Waals surface area contributed by atoms with Crippen LogP contribution in [0.15, 0.2) is 0 Å². The minimum atomic E-state index is 0.500. The second kappa shape index (κ2) is 226. The van der Waals surface area contributed by atoms with Crippen LogP contribution < -0.4 is 0 Å². The van der Waals surface area contributed by atoms with Crippen molar-refractivity contribution in [2.24, 2.45) is 0 Å². The topological polar surface area (TPSA) is 78.7 Å². The summed E-state index contributed by atoms with van der Waals surface area (Å²) < 4.78 is 0. The fraction of sp³-hybridized carbons (Fsp3) is 0.500. The van der Waals surface area contributed by atoms with Gasteiger partial charge in [0.05, 0.1) is 0 Å². The van der Waals surface area contributed by atoms with Crippen molar-refractivity contribution >= 4 is 12.2 Å². The molecule has 4 nitrogen and oxygen atoms in total. The molecule has 0 atom stereocenters. The SMILES string of the molecule is CC.[N-]=C=O.[N-]=C=O. The smallest absolute Gasteiger partial charge is 0.0159 e. The van der Waals surface area contributed by atoms with E-state index in [1.54, 1.807) is 0 Å². The van der Waals surface area contributed by atoms with Crippen LogP contribution in [0.5, 0.6) is 0 Å². The summed E-state index contributed by atoms with van der Waals surface area (Å²) >= 11 is 0. The zero-order valence-corrected chi connectivity index (χ0v) is 4.71. The second-order valence-electron chi connectivity index (χ2n) is 0.183. The highest BCUT2D eigenvalue weighted by atomic mass is 16.1. The number of hydrogen-bond acceptors (Lipinski definition) is 2. The van der Waals surface area contributed by atoms with Gasteiger partial charge in [-0.25, -0.2) is 0 Å². The van der Waals surface area contributed by atoms with Crippen molar-refractivity contribution in [3.05, 3.63) is 10.8 Å². The predicted octanol–water partition coefficient (Wildman–Crippen LogP) is 0.809. The van der Waals surface area contributed by atoms with Crippen LogP contribution >= 0.6 is 0 Å². The first-order valence-corrected chi connectivity index (χ1v) is 1.86. The molecule has 0 N–H and O–H groups in total. The molecule has 46 valence electrons. The summed E-state index contributed by atoms with van der Waals surface area (Å²) in [5.74, 6) is 0. The predicted molar refractivity (Wildman–Crippen MR) is 29.5 cm³/mol. The second-order valence-corrected chi connectivity index (χ2v) is 0.183. The zero-order chi connectivity index (χ0) is 7.41. The lowest BCUT2D eigenvalue weighted by Crippen LogP contribution is -1.13. The summed E-state index contributed by atoms with van der Waals surface area (Å²) in [5, 5.41) is 13.5. The Labute approximate surface area is 47.5 Å². The Balaban J connectivity index is -0.0000000483. The van der Waals surface area contributed by atoms with Crippen LogP contribution in [0.3, 0.4) is 0 Å². The van der Waals surface area contributed by atoms with Gasteiger partial charge >= 0.3 is 0 Å². The third kappa shape index (κ3) is 43.8. The van der Waals surface area contributed by atoms with Gasteiger partial charge in [-0.2, -0.15) is 0 Å². The fourth-order valence-corrected chi connectivity index (χ4v) is 0. The van der Waals surface area contributed by atoms with Gasteiger partial charge in [-0.3, -0.25) is 9.59 Å². The maximum atomic E-state index is 8.24. The molecule has 0 saturated carbocycles. The van der Waals surface area contributed by atoms with E-state index in [9.17, 15) is 0 Å². The van der Waals surface area contributed by atoms with Gasteiger partial charge in [0.2, 0.25) is 0 Å². The molecule has 0 fully saturated rings. The summed E-state index contributed by atoms with van der Waals surface area (Å²) in [6.07, 6.45) is 1.00. The van der Waals surface area contributed by atoms with Crippen LogP contribution in [0.1, 0.15) is 13.8 Å². The maximum absolute atomic E-state index is 8.24. The molecule has 0 aromatic rings. The highest BCUT2D eigenvalue weighted by Gasteiger charge is 0.932. The van der Waals surface area contributed by atoms with Gasteiger partial charge in [0.1, 0.15) is 0 Å². The average molecular weight is 114 g/mol. The van der Waals surface area contributed by atoms with E-state index in [-0.39, 0.29) is 0 Å². The van der Waals surface area contributed by atoms with Crippen LogP contribution in [-0.2, 0) is 9.59 Å². The Bertz CT molecular complexity index is 66.0. The first kappa shape index (κ1) is 15.9. The molecule has 0 rings (SSSR count). The van der Waals surface area contributed by atoms with E-state index in [1.807, 2.05) is 13.8 Å². The van der Waals surface area contributed by atoms with Crippen molar-refractivity contribution in [1.82, 2.24) is 0 Å². The van der Waals surface area contributed by atoms with Crippen LogP contribution in [0.2, 0.25) is 0 Å². The zero-order valence-electron chi connectivity index (χ0n) is 4.71. The summed E-state index contributed by atoms with van der Waals surface area (Å²) in [5.41, 5.74) is 0. The molecular weight excluding hydrogens is 108 g/mol. The van der Waals surface area contributed by atoms with Gasteiger partial charge in [-0.15, -0.1) is 0 Å². The largest absolute Gasteiger partial charge is 0.724 e. The lowest BCUT2D eigenvalue weighted by Gasteiger charge is -1.32. The first-order valence-electron chi connectivity index (χ1n) is 1.86. The Hall–Kier alpha value is -1.24. The third-order valence-corrected chi connectivity index (χ3v) is 0. The number of nitrogens with zero attached hydrogens (tertiary/aromatic N) is 2. The molecule has 0 aliphatic carbocycles. The highest BCUT2D eigenvalue weighted by molar-refractivity contribution is 5.37. The maximum Gasteiger partial charge on any atom is -0.0159 e. The van der Waals surface area contributed by atoms with Crippen LogP contribution in [0.4, 0.5) is 0 Å². The normalized spacial score (nSPS) is 2.75. The highest BCUT2D eigenvalue weighted by Crippen LogP contribution is 1.14. The van der Waals surface area contributed by atoms with Crippen LogP contribution in [0, 0.1) is 0 Å². The van der Waals surface area contributed by atoms with Crippen molar-refractivity contribution in [2.75, 3.05) is 0 Å². The summed E-state index contributed by atoms with van der Waals surface area (Å²) in [7, 11) is 0. The van der Waals surface area contributed by atoms with Crippen LogP contribution in [0.25, 0.3) is 10.8 Å². The summed E-state index contributed by atoms with van der Waals surface area (Å²) in [4.78, 5) is 16.5. The van der Waals surface area contributed by atoms with E-state index in [4.69, 9.17) is 20.4 Å². The Morgan fingerprint density at radius 2 is 1.00 bits per heavy atom. The first-order chi connectivity index (χ1) is 3.83. The van der Waals surface area contributed by atoms with Crippen molar-refractivity contribution in [1.29, 1.82) is 0 Å². The van der Waals surface area contributed by atoms with Crippen molar-refractivity contribution < 1.29 is 9.59 Å². The Kier molecular flexibility index (Phi) is 448. The Morgan fingerprint density at radius 1 is 1.00 bits per heavy atom. The van der Waals surface area contributed by atoms with E-state index in [0.29, 0.717) is 12.2 Å². The van der Waals surface area contributed by atoms with Gasteiger partial charge in [-0.05, 0) is 12.2 Å². The molecule has 0 aliphatic rings. The van der Waals surface area contributed by atoms with E-state index in [0.717, 1.165) is 0 Å². The molecule has 0 saturated heterocycles. The van der Waals surface area contributed by atoms with Gasteiger partial charge in [0.25, 0.3) is 0 Å². The van der Waals surface area contributed by atoms with E-state index in [2.05, 4.69) is 0 Å². The van der Waals surface area contributed by atoms with E-state index in [1.165, 1.54) is 0 Å². The molecular formula is C4H6N2O2-2. The van der Waals surface area contributed by atoms with E-state index >= 15 is 0 Å². The molecule has 0 unspecified atom stereocenters. The standard InChI is InChI=1S/C2H6.2CNO/c1-2;2*2-1-3/h1-2H3;;/q;2*-1. The number of hydrogen-bond donors (Lipinski definition) is 0. The van der Waals surface area contributed by atoms with Gasteiger partial charge in [0.15, 0.2) is 0 Å². The Morgan fingerprint density at radius 3 is 1.00 bits per heavy atom. The number of isocyanates is 2. The molecule has 0 radical (unpaired) electrons. The van der Waals surface area contributed by atoms with Gasteiger partial charge in [-0.1, -0.05) is 13.8 Å². The molecule has 0 heterocycles.